The van der Waals surface area contributed by atoms with Crippen molar-refractivity contribution in [3.05, 3.63) is 42.0 Å². The Morgan fingerprint density at radius 1 is 1.00 bits per heavy atom. The Morgan fingerprint density at radius 2 is 1.57 bits per heavy atom. The van der Waals surface area contributed by atoms with Gasteiger partial charge in [0.1, 0.15) is 5.75 Å². The fourth-order valence-electron chi connectivity index (χ4n) is 2.22. The fraction of sp³-hybridized carbons (Fsp3) is 0.375. The van der Waals surface area contributed by atoms with Crippen molar-refractivity contribution in [1.29, 1.82) is 0 Å². The van der Waals surface area contributed by atoms with Gasteiger partial charge in [0.2, 0.25) is 0 Å². The second-order valence-electron chi connectivity index (χ2n) is 5.39. The molecule has 1 N–H and O–H groups in total. The van der Waals surface area contributed by atoms with Crippen molar-refractivity contribution in [3.8, 4) is 5.75 Å². The summed E-state index contributed by atoms with van der Waals surface area (Å²) < 4.78 is 44.8. The minimum absolute atomic E-state index is 0.0950. The Bertz CT molecular complexity index is 646. The molecule has 0 aliphatic carbocycles. The first kappa shape index (κ1) is 15.6. The predicted molar refractivity (Wildman–Crippen MR) is 75.3 cm³/mol. The Kier molecular flexibility index (Phi) is 3.89. The lowest BCUT2D eigenvalue weighted by Gasteiger charge is -2.28. The highest BCUT2D eigenvalue weighted by atomic mass is 19.4. The maximum absolute atomic E-state index is 13.1. The largest absolute Gasteiger partial charge is 0.490 e. The van der Waals surface area contributed by atoms with Gasteiger partial charge in [-0.1, -0.05) is 30.3 Å². The van der Waals surface area contributed by atoms with E-state index in [1.807, 2.05) is 13.8 Å². The number of halogens is 3. The summed E-state index contributed by atoms with van der Waals surface area (Å²) in [5.74, 6) is 0.502. The van der Waals surface area contributed by atoms with Crippen molar-refractivity contribution in [2.45, 2.75) is 38.7 Å². The summed E-state index contributed by atoms with van der Waals surface area (Å²) in [4.78, 5) is 0. The van der Waals surface area contributed by atoms with Crippen molar-refractivity contribution in [2.24, 2.45) is 0 Å². The smallest absolute Gasteiger partial charge is 0.421 e. The van der Waals surface area contributed by atoms with Crippen molar-refractivity contribution < 1.29 is 23.0 Å². The first-order chi connectivity index (χ1) is 9.64. The molecule has 114 valence electrons. The van der Waals surface area contributed by atoms with Gasteiger partial charge in [-0.05, 0) is 32.2 Å². The van der Waals surface area contributed by atoms with Gasteiger partial charge in [-0.15, -0.1) is 0 Å². The number of fused-ring (bicyclic) bond motifs is 1. The summed E-state index contributed by atoms with van der Waals surface area (Å²) in [6.07, 6.45) is -4.85. The van der Waals surface area contributed by atoms with E-state index in [0.29, 0.717) is 16.5 Å². The molecular weight excluding hydrogens is 281 g/mol. The van der Waals surface area contributed by atoms with E-state index in [2.05, 4.69) is 0 Å². The Balaban J connectivity index is 2.68. The number of alkyl halides is 3. The molecule has 2 aromatic carbocycles. The zero-order valence-electron chi connectivity index (χ0n) is 12.0. The number of hydrogen-bond acceptors (Lipinski definition) is 2. The second-order valence-corrected chi connectivity index (χ2v) is 5.39. The van der Waals surface area contributed by atoms with E-state index in [-0.39, 0.29) is 11.7 Å². The lowest BCUT2D eigenvalue weighted by molar-refractivity contribution is -0.258. The first-order valence-corrected chi connectivity index (χ1v) is 6.62. The zero-order chi connectivity index (χ0) is 15.8. The van der Waals surface area contributed by atoms with Gasteiger partial charge in [-0.25, -0.2) is 0 Å². The van der Waals surface area contributed by atoms with Crippen LogP contribution in [0.4, 0.5) is 13.2 Å². The van der Waals surface area contributed by atoms with Crippen LogP contribution in [0.5, 0.6) is 5.75 Å². The molecule has 0 aliphatic heterocycles. The third-order valence-corrected chi connectivity index (χ3v) is 3.32. The molecule has 0 saturated carbocycles. The molecule has 0 fully saturated rings. The van der Waals surface area contributed by atoms with Crippen LogP contribution >= 0.6 is 0 Å². The molecule has 0 saturated heterocycles. The third-order valence-electron chi connectivity index (χ3n) is 3.32. The highest BCUT2D eigenvalue weighted by molar-refractivity contribution is 5.91. The van der Waals surface area contributed by atoms with Gasteiger partial charge in [0.25, 0.3) is 0 Å². The summed E-state index contributed by atoms with van der Waals surface area (Å²) in [6.45, 7) is 4.45. The molecule has 0 bridgehead atoms. The molecule has 2 rings (SSSR count). The van der Waals surface area contributed by atoms with Gasteiger partial charge >= 0.3 is 6.18 Å². The van der Waals surface area contributed by atoms with Crippen LogP contribution in [0.15, 0.2) is 36.4 Å². The standard InChI is InChI=1S/C16H17F3O2/c1-10(2)21-14-9-5-6-11-12(14)7-4-8-13(11)15(3,20)16(17,18)19/h4-10,20H,1-3H3. The summed E-state index contributed by atoms with van der Waals surface area (Å²) in [6, 6.07) is 9.34. The highest BCUT2D eigenvalue weighted by Gasteiger charge is 2.51. The maximum Gasteiger partial charge on any atom is 0.421 e. The molecule has 0 spiro atoms. The van der Waals surface area contributed by atoms with Gasteiger partial charge in [0.05, 0.1) is 6.10 Å². The van der Waals surface area contributed by atoms with Crippen LogP contribution in [0.2, 0.25) is 0 Å². The van der Waals surface area contributed by atoms with Gasteiger partial charge in [0.15, 0.2) is 5.60 Å². The number of benzene rings is 2. The van der Waals surface area contributed by atoms with E-state index >= 15 is 0 Å². The first-order valence-electron chi connectivity index (χ1n) is 6.62. The molecule has 2 aromatic rings. The van der Waals surface area contributed by atoms with Gasteiger partial charge < -0.3 is 9.84 Å². The summed E-state index contributed by atoms with van der Waals surface area (Å²) >= 11 is 0. The van der Waals surface area contributed by atoms with Crippen LogP contribution < -0.4 is 4.74 Å². The topological polar surface area (TPSA) is 29.5 Å². The number of ether oxygens (including phenoxy) is 1. The molecule has 0 amide bonds. The van der Waals surface area contributed by atoms with Crippen LogP contribution in [-0.4, -0.2) is 17.4 Å². The lowest BCUT2D eigenvalue weighted by Crippen LogP contribution is -2.39. The second kappa shape index (κ2) is 5.22. The van der Waals surface area contributed by atoms with Crippen LogP contribution in [0.25, 0.3) is 10.8 Å². The van der Waals surface area contributed by atoms with E-state index in [1.54, 1.807) is 24.3 Å². The summed E-state index contributed by atoms with van der Waals surface area (Å²) in [5, 5.41) is 10.8. The Labute approximate surface area is 121 Å². The Hall–Kier alpha value is -1.75. The number of hydrogen-bond donors (Lipinski definition) is 1. The molecule has 0 radical (unpaired) electrons. The van der Waals surface area contributed by atoms with E-state index in [9.17, 15) is 18.3 Å². The van der Waals surface area contributed by atoms with Gasteiger partial charge in [-0.3, -0.25) is 0 Å². The number of rotatable bonds is 3. The van der Waals surface area contributed by atoms with Crippen LogP contribution in [0.3, 0.4) is 0 Å². The summed E-state index contributed by atoms with van der Waals surface area (Å²) in [7, 11) is 0. The van der Waals surface area contributed by atoms with Crippen molar-refractivity contribution >= 4 is 10.8 Å². The molecule has 1 unspecified atom stereocenters. The number of aliphatic hydroxyl groups is 1. The third kappa shape index (κ3) is 2.83. The van der Waals surface area contributed by atoms with Gasteiger partial charge in [0, 0.05) is 10.9 Å². The minimum Gasteiger partial charge on any atom is -0.490 e. The molecular formula is C16H17F3O2. The van der Waals surface area contributed by atoms with Crippen LogP contribution in [-0.2, 0) is 5.60 Å². The quantitative estimate of drug-likeness (QED) is 0.910. The average Bonchev–Trinajstić information content (AvgIpc) is 2.36. The lowest BCUT2D eigenvalue weighted by atomic mass is 9.90. The monoisotopic (exact) mass is 298 g/mol. The predicted octanol–water partition coefficient (Wildman–Crippen LogP) is 4.40. The van der Waals surface area contributed by atoms with Crippen molar-refractivity contribution in [3.63, 3.8) is 0 Å². The molecule has 5 heteroatoms. The Morgan fingerprint density at radius 3 is 2.14 bits per heavy atom. The zero-order valence-corrected chi connectivity index (χ0v) is 12.0. The van der Waals surface area contributed by atoms with E-state index in [1.165, 1.54) is 12.1 Å². The molecule has 0 aromatic heterocycles. The fourth-order valence-corrected chi connectivity index (χ4v) is 2.22. The molecule has 2 nitrogen and oxygen atoms in total. The van der Waals surface area contributed by atoms with Crippen LogP contribution in [0.1, 0.15) is 26.3 Å². The minimum atomic E-state index is -4.75. The molecule has 1 atom stereocenters. The average molecular weight is 298 g/mol. The van der Waals surface area contributed by atoms with E-state index in [0.717, 1.165) is 6.92 Å². The van der Waals surface area contributed by atoms with Crippen LogP contribution in [0, 0.1) is 0 Å². The van der Waals surface area contributed by atoms with E-state index < -0.39 is 11.8 Å². The molecule has 0 heterocycles. The normalized spacial score (nSPS) is 15.2. The molecule has 0 aliphatic rings. The van der Waals surface area contributed by atoms with Gasteiger partial charge in [-0.2, -0.15) is 13.2 Å². The summed E-state index contributed by atoms with van der Waals surface area (Å²) in [5.41, 5.74) is -3.09. The maximum atomic E-state index is 13.1. The SMILES string of the molecule is CC(C)Oc1cccc2c(C(C)(O)C(F)(F)F)cccc12. The highest BCUT2D eigenvalue weighted by Crippen LogP contribution is 2.42. The molecule has 21 heavy (non-hydrogen) atoms. The van der Waals surface area contributed by atoms with Crippen molar-refractivity contribution in [2.75, 3.05) is 0 Å². The van der Waals surface area contributed by atoms with Crippen molar-refractivity contribution in [1.82, 2.24) is 0 Å². The van der Waals surface area contributed by atoms with E-state index in [4.69, 9.17) is 4.74 Å².